The summed E-state index contributed by atoms with van der Waals surface area (Å²) in [5, 5.41) is 9.56. The molecule has 162 valence electrons. The number of guanidine groups is 1. The first-order valence-corrected chi connectivity index (χ1v) is 10.3. The van der Waals surface area contributed by atoms with Crippen LogP contribution in [0.3, 0.4) is 0 Å². The third-order valence-corrected chi connectivity index (χ3v) is 4.89. The van der Waals surface area contributed by atoms with Gasteiger partial charge in [0.15, 0.2) is 5.96 Å². The van der Waals surface area contributed by atoms with Crippen molar-refractivity contribution in [1.82, 2.24) is 10.6 Å². The lowest BCUT2D eigenvalue weighted by atomic mass is 9.91. The number of nitrogens with zero attached hydrogens (tertiary/aromatic N) is 1. The van der Waals surface area contributed by atoms with Gasteiger partial charge in [-0.1, -0.05) is 36.4 Å². The van der Waals surface area contributed by atoms with E-state index >= 15 is 0 Å². The molecule has 1 aliphatic rings. The number of benzene rings is 2. The van der Waals surface area contributed by atoms with E-state index in [1.165, 1.54) is 0 Å². The van der Waals surface area contributed by atoms with Gasteiger partial charge in [-0.05, 0) is 43.5 Å². The van der Waals surface area contributed by atoms with Crippen LogP contribution in [0.25, 0.3) is 0 Å². The monoisotopic (exact) mass is 522 g/mol. The predicted octanol–water partition coefficient (Wildman–Crippen LogP) is 4.06. The molecule has 0 aliphatic carbocycles. The molecule has 0 bridgehead atoms. The van der Waals surface area contributed by atoms with Gasteiger partial charge in [-0.25, -0.2) is 0 Å². The summed E-state index contributed by atoms with van der Waals surface area (Å²) >= 11 is 0. The summed E-state index contributed by atoms with van der Waals surface area (Å²) in [5.41, 5.74) is 3.20. The number of halogens is 1. The van der Waals surface area contributed by atoms with Gasteiger partial charge in [0.05, 0.1) is 13.2 Å². The Hall–Kier alpha value is -2.29. The SMILES string of the molecule is CCNC(=NCC1CC(=O)Nc2ccccc21)NCCCOc1ccccc1C.I. The van der Waals surface area contributed by atoms with E-state index < -0.39 is 0 Å². The second-order valence-electron chi connectivity index (χ2n) is 7.15. The van der Waals surface area contributed by atoms with E-state index in [4.69, 9.17) is 9.73 Å². The first kappa shape index (κ1) is 24.0. The van der Waals surface area contributed by atoms with Crippen molar-refractivity contribution in [2.45, 2.75) is 32.6 Å². The maximum Gasteiger partial charge on any atom is 0.225 e. The molecule has 0 saturated heterocycles. The van der Waals surface area contributed by atoms with Crippen LogP contribution in [0, 0.1) is 6.92 Å². The number of aryl methyl sites for hydroxylation is 1. The van der Waals surface area contributed by atoms with Gasteiger partial charge in [0, 0.05) is 31.1 Å². The fraction of sp³-hybridized carbons (Fsp3) is 0.391. The molecule has 3 N–H and O–H groups in total. The van der Waals surface area contributed by atoms with Gasteiger partial charge in [0.25, 0.3) is 0 Å². The van der Waals surface area contributed by atoms with Gasteiger partial charge in [0.2, 0.25) is 5.91 Å². The molecule has 6 nitrogen and oxygen atoms in total. The number of carbonyl (C=O) groups is 1. The largest absolute Gasteiger partial charge is 0.493 e. The lowest BCUT2D eigenvalue weighted by Gasteiger charge is -2.24. The normalized spacial score (nSPS) is 15.5. The van der Waals surface area contributed by atoms with E-state index in [2.05, 4.69) is 22.0 Å². The number of fused-ring (bicyclic) bond motifs is 1. The minimum absolute atomic E-state index is 0. The summed E-state index contributed by atoms with van der Waals surface area (Å²) < 4.78 is 5.84. The van der Waals surface area contributed by atoms with Crippen LogP contribution in [0.1, 0.15) is 36.8 Å². The molecule has 0 fully saturated rings. The molecule has 3 rings (SSSR count). The van der Waals surface area contributed by atoms with Crippen molar-refractivity contribution in [2.75, 3.05) is 31.6 Å². The fourth-order valence-corrected chi connectivity index (χ4v) is 3.39. The minimum Gasteiger partial charge on any atom is -0.493 e. The quantitative estimate of drug-likeness (QED) is 0.212. The molecule has 0 aromatic heterocycles. The summed E-state index contributed by atoms with van der Waals surface area (Å²) in [7, 11) is 0. The molecule has 1 amide bonds. The molecule has 1 heterocycles. The van der Waals surface area contributed by atoms with E-state index in [0.29, 0.717) is 19.6 Å². The Labute approximate surface area is 195 Å². The third kappa shape index (κ3) is 6.90. The highest BCUT2D eigenvalue weighted by molar-refractivity contribution is 14.0. The Morgan fingerprint density at radius 1 is 1.17 bits per heavy atom. The van der Waals surface area contributed by atoms with Crippen molar-refractivity contribution < 1.29 is 9.53 Å². The lowest BCUT2D eigenvalue weighted by molar-refractivity contribution is -0.116. The van der Waals surface area contributed by atoms with E-state index in [-0.39, 0.29) is 35.8 Å². The van der Waals surface area contributed by atoms with E-state index in [1.54, 1.807) is 0 Å². The average Bonchev–Trinajstić information content (AvgIpc) is 2.72. The first-order valence-electron chi connectivity index (χ1n) is 10.3. The van der Waals surface area contributed by atoms with Crippen LogP contribution in [0.15, 0.2) is 53.5 Å². The van der Waals surface area contributed by atoms with Gasteiger partial charge in [-0.3, -0.25) is 9.79 Å². The number of carbonyl (C=O) groups excluding carboxylic acids is 1. The molecule has 30 heavy (non-hydrogen) atoms. The van der Waals surface area contributed by atoms with Crippen LogP contribution in [0.4, 0.5) is 5.69 Å². The highest BCUT2D eigenvalue weighted by Gasteiger charge is 2.24. The number of nitrogens with one attached hydrogen (secondary N) is 3. The number of para-hydroxylation sites is 2. The lowest BCUT2D eigenvalue weighted by Crippen LogP contribution is -2.38. The number of anilines is 1. The fourth-order valence-electron chi connectivity index (χ4n) is 3.39. The number of amides is 1. The van der Waals surface area contributed by atoms with Gasteiger partial charge < -0.3 is 20.7 Å². The highest BCUT2D eigenvalue weighted by atomic mass is 127. The van der Waals surface area contributed by atoms with Crippen LogP contribution in [-0.4, -0.2) is 38.1 Å². The molecule has 1 unspecified atom stereocenters. The summed E-state index contributed by atoms with van der Waals surface area (Å²) in [6.45, 7) is 6.86. The van der Waals surface area contributed by atoms with Gasteiger partial charge in [0.1, 0.15) is 5.75 Å². The van der Waals surface area contributed by atoms with Crippen molar-refractivity contribution >= 4 is 41.5 Å². The van der Waals surface area contributed by atoms with Crippen molar-refractivity contribution in [3.05, 3.63) is 59.7 Å². The third-order valence-electron chi connectivity index (χ3n) is 4.89. The number of aliphatic imine (C=N–C) groups is 1. The molecule has 1 atom stereocenters. The number of rotatable bonds is 8. The van der Waals surface area contributed by atoms with Crippen LogP contribution in [-0.2, 0) is 4.79 Å². The first-order chi connectivity index (χ1) is 14.2. The Morgan fingerprint density at radius 3 is 2.73 bits per heavy atom. The van der Waals surface area contributed by atoms with Crippen LogP contribution in [0.5, 0.6) is 5.75 Å². The topological polar surface area (TPSA) is 74.8 Å². The number of ether oxygens (including phenoxy) is 1. The molecule has 0 radical (unpaired) electrons. The zero-order valence-electron chi connectivity index (χ0n) is 17.6. The van der Waals surface area contributed by atoms with Crippen LogP contribution < -0.4 is 20.7 Å². The number of hydrogen-bond acceptors (Lipinski definition) is 3. The minimum atomic E-state index is 0. The van der Waals surface area contributed by atoms with E-state index in [1.807, 2.05) is 56.3 Å². The smallest absolute Gasteiger partial charge is 0.225 e. The van der Waals surface area contributed by atoms with Gasteiger partial charge in [-0.15, -0.1) is 24.0 Å². The summed E-state index contributed by atoms with van der Waals surface area (Å²) in [4.78, 5) is 16.7. The summed E-state index contributed by atoms with van der Waals surface area (Å²) in [6, 6.07) is 16.0. The molecule has 2 aromatic rings. The second-order valence-corrected chi connectivity index (χ2v) is 7.15. The second kappa shape index (κ2) is 12.4. The molecular weight excluding hydrogens is 491 g/mol. The molecule has 2 aromatic carbocycles. The molecule has 0 spiro atoms. The Kier molecular flexibility index (Phi) is 9.93. The summed E-state index contributed by atoms with van der Waals surface area (Å²) in [6.07, 6.45) is 1.33. The van der Waals surface area contributed by atoms with Crippen LogP contribution >= 0.6 is 24.0 Å². The average molecular weight is 522 g/mol. The van der Waals surface area contributed by atoms with E-state index in [0.717, 1.165) is 48.0 Å². The molecular formula is C23H31IN4O2. The summed E-state index contributed by atoms with van der Waals surface area (Å²) in [5.74, 6) is 1.85. The molecule has 1 aliphatic heterocycles. The predicted molar refractivity (Wildman–Crippen MR) is 133 cm³/mol. The standard InChI is InChI=1S/C23H30N4O2.HI/c1-3-24-23(25-13-8-14-29-21-12-7-4-9-17(21)2)26-16-18-15-22(28)27-20-11-6-5-10-19(18)20;/h4-7,9-12,18H,3,8,13-16H2,1-2H3,(H,27,28)(H2,24,25,26);1H. The Morgan fingerprint density at radius 2 is 1.93 bits per heavy atom. The molecule has 0 saturated carbocycles. The Bertz CT molecular complexity index is 857. The number of hydrogen-bond donors (Lipinski definition) is 3. The molecule has 7 heteroatoms. The van der Waals surface area contributed by atoms with E-state index in [9.17, 15) is 4.79 Å². The van der Waals surface area contributed by atoms with Crippen LogP contribution in [0.2, 0.25) is 0 Å². The van der Waals surface area contributed by atoms with Gasteiger partial charge in [-0.2, -0.15) is 0 Å². The van der Waals surface area contributed by atoms with Gasteiger partial charge >= 0.3 is 0 Å². The van der Waals surface area contributed by atoms with Crippen molar-refractivity contribution in [1.29, 1.82) is 0 Å². The zero-order valence-corrected chi connectivity index (χ0v) is 19.9. The maximum absolute atomic E-state index is 12.0. The Balaban J connectivity index is 0.00000320. The highest BCUT2D eigenvalue weighted by Crippen LogP contribution is 2.31. The zero-order chi connectivity index (χ0) is 20.5. The maximum atomic E-state index is 12.0. The van der Waals surface area contributed by atoms with Crippen molar-refractivity contribution in [2.24, 2.45) is 4.99 Å². The van der Waals surface area contributed by atoms with Crippen molar-refractivity contribution in [3.63, 3.8) is 0 Å². The van der Waals surface area contributed by atoms with Crippen molar-refractivity contribution in [3.8, 4) is 5.75 Å².